The van der Waals surface area contributed by atoms with Gasteiger partial charge in [0.05, 0.1) is 10.2 Å². The Morgan fingerprint density at radius 2 is 2.07 bits per heavy atom. The molecule has 0 saturated heterocycles. The van der Waals surface area contributed by atoms with E-state index in [2.05, 4.69) is 11.6 Å². The van der Waals surface area contributed by atoms with Crippen molar-refractivity contribution in [2.24, 2.45) is 4.99 Å². The number of hydrogen-bond donors (Lipinski definition) is 2. The van der Waals surface area contributed by atoms with Crippen molar-refractivity contribution in [1.29, 1.82) is 0 Å². The maximum Gasteiger partial charge on any atom is 0.410 e. The highest BCUT2D eigenvalue weighted by atomic mass is 32.2. The Labute approximate surface area is 161 Å². The molecule has 0 unspecified atom stereocenters. The molecule has 152 valence electrons. The van der Waals surface area contributed by atoms with Crippen LogP contribution in [0.1, 0.15) is 32.8 Å². The predicted octanol–water partition coefficient (Wildman–Crippen LogP) is 2.77. The molecule has 1 heterocycles. The topological polar surface area (TPSA) is 139 Å². The molecule has 0 aromatic heterocycles. The lowest BCUT2D eigenvalue weighted by Crippen LogP contribution is -2.61. The fourth-order valence-electron chi connectivity index (χ4n) is 3.27. The fourth-order valence-corrected chi connectivity index (χ4v) is 5.52. The quantitative estimate of drug-likeness (QED) is 0.442. The zero-order chi connectivity index (χ0) is 21.5. The summed E-state index contributed by atoms with van der Waals surface area (Å²) in [5.41, 5.74) is -2.59. The molecule has 0 spiro atoms. The Balaban J connectivity index is 2.90. The van der Waals surface area contributed by atoms with Gasteiger partial charge in [-0.1, -0.05) is 6.08 Å². The molecule has 28 heavy (non-hydrogen) atoms. The number of hydrogen-bond acceptors (Lipinski definition) is 6. The predicted molar refractivity (Wildman–Crippen MR) is 101 cm³/mol. The summed E-state index contributed by atoms with van der Waals surface area (Å²) in [6, 6.07) is 2.73. The SMILES string of the molecule is C=CC[C@@H]1[C@@](C)(c2cc([N+](=O)[O-])ccc2F)N=C(NC(=O)O)C(C)(C)S1(=O)=O. The van der Waals surface area contributed by atoms with Gasteiger partial charge in [-0.25, -0.2) is 17.6 Å². The van der Waals surface area contributed by atoms with E-state index in [1.54, 1.807) is 0 Å². The number of benzene rings is 1. The van der Waals surface area contributed by atoms with Gasteiger partial charge in [0.1, 0.15) is 21.9 Å². The van der Waals surface area contributed by atoms with E-state index in [0.717, 1.165) is 18.2 Å². The molecule has 1 aliphatic rings. The number of amides is 1. The van der Waals surface area contributed by atoms with Gasteiger partial charge in [0.15, 0.2) is 9.84 Å². The number of rotatable bonds is 4. The van der Waals surface area contributed by atoms with Crippen LogP contribution >= 0.6 is 0 Å². The van der Waals surface area contributed by atoms with Gasteiger partial charge in [0, 0.05) is 17.7 Å². The second-order valence-corrected chi connectivity index (χ2v) is 9.71. The van der Waals surface area contributed by atoms with Crippen molar-refractivity contribution in [1.82, 2.24) is 5.32 Å². The summed E-state index contributed by atoms with van der Waals surface area (Å²) in [4.78, 5) is 25.8. The first kappa shape index (κ1) is 21.5. The van der Waals surface area contributed by atoms with Crippen molar-refractivity contribution < 1.29 is 27.6 Å². The molecule has 2 atom stereocenters. The van der Waals surface area contributed by atoms with E-state index in [1.165, 1.54) is 26.8 Å². The molecular weight excluding hydrogens is 393 g/mol. The third kappa shape index (κ3) is 3.26. The van der Waals surface area contributed by atoms with Crippen molar-refractivity contribution in [3.05, 3.63) is 52.3 Å². The number of nitro groups is 1. The van der Waals surface area contributed by atoms with Crippen LogP contribution in [0.25, 0.3) is 0 Å². The minimum atomic E-state index is -4.13. The largest absolute Gasteiger partial charge is 0.465 e. The number of halogens is 1. The van der Waals surface area contributed by atoms with Crippen molar-refractivity contribution in [2.75, 3.05) is 0 Å². The van der Waals surface area contributed by atoms with Crippen LogP contribution in [0.15, 0.2) is 35.8 Å². The van der Waals surface area contributed by atoms with E-state index in [9.17, 15) is 27.7 Å². The van der Waals surface area contributed by atoms with Crippen LogP contribution in [-0.4, -0.2) is 40.4 Å². The third-order valence-electron chi connectivity index (χ3n) is 4.94. The number of nitrogens with zero attached hydrogens (tertiary/aromatic N) is 2. The average Bonchev–Trinajstić information content (AvgIpc) is 2.57. The van der Waals surface area contributed by atoms with E-state index < -0.39 is 53.7 Å². The van der Waals surface area contributed by atoms with Gasteiger partial charge in [0.2, 0.25) is 0 Å². The van der Waals surface area contributed by atoms with Gasteiger partial charge in [0.25, 0.3) is 5.69 Å². The Morgan fingerprint density at radius 1 is 1.46 bits per heavy atom. The number of nitrogens with one attached hydrogen (secondary N) is 1. The number of nitro benzene ring substituents is 1. The molecule has 11 heteroatoms. The lowest BCUT2D eigenvalue weighted by Gasteiger charge is -2.44. The van der Waals surface area contributed by atoms with Crippen LogP contribution in [0.5, 0.6) is 0 Å². The van der Waals surface area contributed by atoms with Crippen LogP contribution in [-0.2, 0) is 15.4 Å². The second kappa shape index (κ2) is 6.97. The average molecular weight is 413 g/mol. The van der Waals surface area contributed by atoms with E-state index >= 15 is 0 Å². The summed E-state index contributed by atoms with van der Waals surface area (Å²) in [5, 5.41) is 20.9. The Hall–Kier alpha value is -2.82. The van der Waals surface area contributed by atoms with E-state index in [0.29, 0.717) is 0 Å². The maximum absolute atomic E-state index is 14.7. The summed E-state index contributed by atoms with van der Waals surface area (Å²) < 4.78 is 39.6. The van der Waals surface area contributed by atoms with E-state index in [1.807, 2.05) is 5.32 Å². The van der Waals surface area contributed by atoms with Gasteiger partial charge in [-0.3, -0.25) is 20.4 Å². The molecule has 0 saturated carbocycles. The molecule has 2 N–H and O–H groups in total. The van der Waals surface area contributed by atoms with Crippen molar-refractivity contribution in [2.45, 2.75) is 42.7 Å². The number of allylic oxidation sites excluding steroid dienone is 1. The van der Waals surface area contributed by atoms with Crippen LogP contribution in [0.2, 0.25) is 0 Å². The van der Waals surface area contributed by atoms with E-state index in [-0.39, 0.29) is 12.0 Å². The van der Waals surface area contributed by atoms with E-state index in [4.69, 9.17) is 5.11 Å². The molecule has 2 rings (SSSR count). The second-order valence-electron chi connectivity index (χ2n) is 7.03. The van der Waals surface area contributed by atoms with Crippen LogP contribution in [0, 0.1) is 15.9 Å². The first-order valence-electron chi connectivity index (χ1n) is 8.18. The summed E-state index contributed by atoms with van der Waals surface area (Å²) >= 11 is 0. The van der Waals surface area contributed by atoms with Gasteiger partial charge >= 0.3 is 6.09 Å². The summed E-state index contributed by atoms with van der Waals surface area (Å²) in [7, 11) is -4.13. The highest BCUT2D eigenvalue weighted by Crippen LogP contribution is 2.45. The van der Waals surface area contributed by atoms with Gasteiger partial charge in [-0.05, 0) is 33.3 Å². The normalized spacial score (nSPS) is 25.4. The number of sulfone groups is 1. The minimum absolute atomic E-state index is 0.117. The maximum atomic E-state index is 14.7. The number of non-ortho nitro benzene ring substituents is 1. The Bertz CT molecular complexity index is 989. The first-order valence-corrected chi connectivity index (χ1v) is 9.72. The highest BCUT2D eigenvalue weighted by molar-refractivity contribution is 7.94. The number of aliphatic imine (C=N–C) groups is 1. The molecule has 1 amide bonds. The van der Waals surface area contributed by atoms with Gasteiger partial charge in [-0.15, -0.1) is 6.58 Å². The zero-order valence-corrected chi connectivity index (χ0v) is 16.3. The zero-order valence-electron chi connectivity index (χ0n) is 15.5. The fraction of sp³-hybridized carbons (Fsp3) is 0.412. The molecule has 1 aromatic rings. The first-order chi connectivity index (χ1) is 12.8. The van der Waals surface area contributed by atoms with Crippen LogP contribution < -0.4 is 5.32 Å². The molecular formula is C17H20FN3O6S. The van der Waals surface area contributed by atoms with Crippen molar-refractivity contribution >= 4 is 27.5 Å². The number of carboxylic acid groups (broad SMARTS) is 1. The lowest BCUT2D eigenvalue weighted by atomic mass is 9.85. The highest BCUT2D eigenvalue weighted by Gasteiger charge is 2.57. The molecule has 0 bridgehead atoms. The number of amidine groups is 1. The Morgan fingerprint density at radius 3 is 2.57 bits per heavy atom. The third-order valence-corrected chi connectivity index (χ3v) is 7.96. The molecule has 0 radical (unpaired) electrons. The minimum Gasteiger partial charge on any atom is -0.465 e. The summed E-state index contributed by atoms with van der Waals surface area (Å²) in [5.74, 6) is -1.29. The molecule has 9 nitrogen and oxygen atoms in total. The molecule has 0 fully saturated rings. The summed E-state index contributed by atoms with van der Waals surface area (Å²) in [6.07, 6.45) is -0.323. The number of carbonyl (C=O) groups is 1. The van der Waals surface area contributed by atoms with Crippen molar-refractivity contribution in [3.63, 3.8) is 0 Å². The molecule has 0 aliphatic carbocycles. The smallest absolute Gasteiger partial charge is 0.410 e. The van der Waals surface area contributed by atoms with Crippen LogP contribution in [0.4, 0.5) is 14.9 Å². The van der Waals surface area contributed by atoms with Crippen molar-refractivity contribution in [3.8, 4) is 0 Å². The standard InChI is InChI=1S/C17H20FN3O6S/c1-5-6-13-17(4,11-9-10(21(24)25)7-8-12(11)18)20-14(19-15(22)23)16(2,3)28(13,26)27/h5,7-9,13H,1,6H2,2-4H3,(H,19,20)(H,22,23)/t13-,17-/m1/s1. The van der Waals surface area contributed by atoms with Gasteiger partial charge in [-0.2, -0.15) is 0 Å². The van der Waals surface area contributed by atoms with Gasteiger partial charge < -0.3 is 5.11 Å². The Kier molecular flexibility index (Phi) is 5.35. The molecule has 1 aromatic carbocycles. The monoisotopic (exact) mass is 413 g/mol. The lowest BCUT2D eigenvalue weighted by molar-refractivity contribution is -0.385. The van der Waals surface area contributed by atoms with Crippen LogP contribution in [0.3, 0.4) is 0 Å². The summed E-state index contributed by atoms with van der Waals surface area (Å²) in [6.45, 7) is 7.42. The molecule has 1 aliphatic heterocycles.